The summed E-state index contributed by atoms with van der Waals surface area (Å²) in [4.78, 5) is 13.3. The largest absolute Gasteiger partial charge is 0.492 e. The normalized spacial score (nSPS) is 16.4. The zero-order valence-corrected chi connectivity index (χ0v) is 14.5. The van der Waals surface area contributed by atoms with Gasteiger partial charge in [0.1, 0.15) is 12.4 Å². The highest BCUT2D eigenvalue weighted by atomic mass is 16.5. The van der Waals surface area contributed by atoms with Crippen LogP contribution in [0, 0.1) is 0 Å². The fraction of sp³-hybridized carbons (Fsp3) is 0.368. The van der Waals surface area contributed by atoms with Crippen LogP contribution in [-0.4, -0.2) is 70.5 Å². The second kappa shape index (κ2) is 7.21. The van der Waals surface area contributed by atoms with Crippen LogP contribution in [0.1, 0.15) is 0 Å². The van der Waals surface area contributed by atoms with E-state index in [0.29, 0.717) is 0 Å². The van der Waals surface area contributed by atoms with E-state index in [0.717, 1.165) is 62.0 Å². The Morgan fingerprint density at radius 2 is 1.84 bits per heavy atom. The van der Waals surface area contributed by atoms with Gasteiger partial charge in [-0.3, -0.25) is 14.3 Å². The van der Waals surface area contributed by atoms with Crippen molar-refractivity contribution in [1.82, 2.24) is 24.2 Å². The molecule has 1 aliphatic heterocycles. The average Bonchev–Trinajstić information content (AvgIpc) is 3.08. The van der Waals surface area contributed by atoms with Gasteiger partial charge in [0.2, 0.25) is 0 Å². The summed E-state index contributed by atoms with van der Waals surface area (Å²) in [6.07, 6.45) is 7.34. The molecule has 25 heavy (non-hydrogen) atoms. The number of rotatable bonds is 5. The summed E-state index contributed by atoms with van der Waals surface area (Å²) in [5, 5.41) is 0. The summed E-state index contributed by atoms with van der Waals surface area (Å²) in [5.41, 5.74) is 3.02. The first-order valence-electron chi connectivity index (χ1n) is 8.71. The summed E-state index contributed by atoms with van der Waals surface area (Å²) in [5.74, 6) is 0.911. The molecule has 0 saturated carbocycles. The van der Waals surface area contributed by atoms with Crippen LogP contribution in [-0.2, 0) is 0 Å². The molecule has 1 aromatic carbocycles. The van der Waals surface area contributed by atoms with Gasteiger partial charge in [-0.1, -0.05) is 0 Å². The van der Waals surface area contributed by atoms with Crippen molar-refractivity contribution in [2.45, 2.75) is 0 Å². The number of piperazine rings is 1. The highest BCUT2D eigenvalue weighted by molar-refractivity contribution is 5.63. The maximum atomic E-state index is 5.91. The minimum Gasteiger partial charge on any atom is -0.492 e. The number of imidazole rings is 1. The maximum absolute atomic E-state index is 5.91. The Kier molecular flexibility index (Phi) is 4.63. The number of aromatic nitrogens is 3. The number of likely N-dealkylation sites (N-methyl/N-ethyl adjacent to an activating group) is 1. The van der Waals surface area contributed by atoms with Crippen LogP contribution in [0.15, 0.2) is 49.1 Å². The van der Waals surface area contributed by atoms with Crippen molar-refractivity contribution >= 4 is 5.65 Å². The van der Waals surface area contributed by atoms with E-state index in [2.05, 4.69) is 38.9 Å². The third-order valence-electron chi connectivity index (χ3n) is 4.74. The number of ether oxygens (including phenoxy) is 1. The van der Waals surface area contributed by atoms with Gasteiger partial charge in [0.05, 0.1) is 18.1 Å². The number of fused-ring (bicyclic) bond motifs is 1. The van der Waals surface area contributed by atoms with Gasteiger partial charge in [0.25, 0.3) is 0 Å². The first-order valence-corrected chi connectivity index (χ1v) is 8.71. The molecule has 6 nitrogen and oxygen atoms in total. The summed E-state index contributed by atoms with van der Waals surface area (Å²) in [6.45, 7) is 6.25. The van der Waals surface area contributed by atoms with Crippen LogP contribution in [0.5, 0.6) is 5.75 Å². The summed E-state index contributed by atoms with van der Waals surface area (Å²) in [6, 6.07) is 8.21. The molecule has 0 amide bonds. The van der Waals surface area contributed by atoms with Crippen molar-refractivity contribution in [2.75, 3.05) is 46.4 Å². The quantitative estimate of drug-likeness (QED) is 0.713. The predicted octanol–water partition coefficient (Wildman–Crippen LogP) is 2.02. The second-order valence-electron chi connectivity index (χ2n) is 6.47. The molecule has 1 fully saturated rings. The van der Waals surface area contributed by atoms with Crippen molar-refractivity contribution in [2.24, 2.45) is 0 Å². The third kappa shape index (κ3) is 3.65. The molecule has 0 bridgehead atoms. The van der Waals surface area contributed by atoms with Gasteiger partial charge < -0.3 is 9.64 Å². The lowest BCUT2D eigenvalue weighted by molar-refractivity contribution is 0.134. The van der Waals surface area contributed by atoms with E-state index in [-0.39, 0.29) is 0 Å². The van der Waals surface area contributed by atoms with Crippen LogP contribution in [0.25, 0.3) is 16.9 Å². The van der Waals surface area contributed by atoms with Gasteiger partial charge in [0.15, 0.2) is 5.65 Å². The lowest BCUT2D eigenvalue weighted by Crippen LogP contribution is -2.45. The zero-order valence-electron chi connectivity index (χ0n) is 14.5. The smallest absolute Gasteiger partial charge is 0.155 e. The Balaban J connectivity index is 1.36. The lowest BCUT2D eigenvalue weighted by Gasteiger charge is -2.32. The minimum absolute atomic E-state index is 0.727. The topological polar surface area (TPSA) is 45.9 Å². The molecule has 0 radical (unpaired) electrons. The van der Waals surface area contributed by atoms with E-state index in [1.807, 2.05) is 28.9 Å². The summed E-state index contributed by atoms with van der Waals surface area (Å²) in [7, 11) is 2.18. The van der Waals surface area contributed by atoms with Gasteiger partial charge in [-0.2, -0.15) is 0 Å². The molecular formula is C19H23N5O. The first-order chi connectivity index (χ1) is 12.3. The van der Waals surface area contributed by atoms with E-state index in [4.69, 9.17) is 4.74 Å². The van der Waals surface area contributed by atoms with E-state index in [1.165, 1.54) is 0 Å². The maximum Gasteiger partial charge on any atom is 0.155 e. The highest BCUT2D eigenvalue weighted by Gasteiger charge is 2.13. The Hall–Kier alpha value is -2.44. The Morgan fingerprint density at radius 1 is 1.04 bits per heavy atom. The molecular weight excluding hydrogens is 314 g/mol. The van der Waals surface area contributed by atoms with Crippen molar-refractivity contribution < 1.29 is 4.74 Å². The average molecular weight is 337 g/mol. The number of benzene rings is 1. The van der Waals surface area contributed by atoms with Crippen molar-refractivity contribution in [1.29, 1.82) is 0 Å². The van der Waals surface area contributed by atoms with Crippen LogP contribution >= 0.6 is 0 Å². The first kappa shape index (κ1) is 16.1. The van der Waals surface area contributed by atoms with Gasteiger partial charge in [-0.05, 0) is 31.3 Å². The number of nitrogens with zero attached hydrogens (tertiary/aromatic N) is 5. The fourth-order valence-electron chi connectivity index (χ4n) is 3.14. The Labute approximate surface area is 147 Å². The van der Waals surface area contributed by atoms with Gasteiger partial charge >= 0.3 is 0 Å². The Bertz CT molecular complexity index is 821. The van der Waals surface area contributed by atoms with Crippen LogP contribution < -0.4 is 4.74 Å². The molecule has 6 heteroatoms. The molecule has 0 aliphatic carbocycles. The van der Waals surface area contributed by atoms with Crippen molar-refractivity contribution in [3.63, 3.8) is 0 Å². The van der Waals surface area contributed by atoms with E-state index in [1.54, 1.807) is 12.4 Å². The SMILES string of the molecule is CN1CCN(CCOc2ccc(-c3cnc4cnccn34)cc2)CC1. The highest BCUT2D eigenvalue weighted by Crippen LogP contribution is 2.23. The molecule has 0 unspecified atom stereocenters. The molecule has 1 aliphatic rings. The molecule has 0 spiro atoms. The monoisotopic (exact) mass is 337 g/mol. The molecule has 0 atom stereocenters. The van der Waals surface area contributed by atoms with E-state index >= 15 is 0 Å². The third-order valence-corrected chi connectivity index (χ3v) is 4.74. The van der Waals surface area contributed by atoms with Gasteiger partial charge in [-0.25, -0.2) is 4.98 Å². The molecule has 3 aromatic rings. The number of hydrogen-bond donors (Lipinski definition) is 0. The molecule has 4 rings (SSSR count). The minimum atomic E-state index is 0.727. The predicted molar refractivity (Wildman–Crippen MR) is 97.9 cm³/mol. The lowest BCUT2D eigenvalue weighted by atomic mass is 10.1. The number of hydrogen-bond acceptors (Lipinski definition) is 5. The summed E-state index contributed by atoms with van der Waals surface area (Å²) >= 11 is 0. The van der Waals surface area contributed by atoms with Crippen LogP contribution in [0.3, 0.4) is 0 Å². The molecule has 3 heterocycles. The fourth-order valence-corrected chi connectivity index (χ4v) is 3.14. The molecule has 0 N–H and O–H groups in total. The zero-order chi connectivity index (χ0) is 17.1. The van der Waals surface area contributed by atoms with Crippen LogP contribution in [0.2, 0.25) is 0 Å². The Morgan fingerprint density at radius 3 is 2.64 bits per heavy atom. The van der Waals surface area contributed by atoms with Crippen molar-refractivity contribution in [3.8, 4) is 17.0 Å². The molecule has 2 aromatic heterocycles. The second-order valence-corrected chi connectivity index (χ2v) is 6.47. The molecule has 130 valence electrons. The standard InChI is InChI=1S/C19H23N5O/c1-22-8-10-23(11-9-22)12-13-25-17-4-2-16(3-5-17)18-14-21-19-15-20-6-7-24(18)19/h2-7,14-15H,8-13H2,1H3. The van der Waals surface area contributed by atoms with E-state index < -0.39 is 0 Å². The van der Waals surface area contributed by atoms with Gasteiger partial charge in [0, 0.05) is 50.7 Å². The molecule has 1 saturated heterocycles. The summed E-state index contributed by atoms with van der Waals surface area (Å²) < 4.78 is 7.95. The van der Waals surface area contributed by atoms with Crippen LogP contribution in [0.4, 0.5) is 0 Å². The van der Waals surface area contributed by atoms with E-state index in [9.17, 15) is 0 Å². The van der Waals surface area contributed by atoms with Crippen molar-refractivity contribution in [3.05, 3.63) is 49.1 Å². The van der Waals surface area contributed by atoms with Gasteiger partial charge in [-0.15, -0.1) is 0 Å².